The third-order valence-corrected chi connectivity index (χ3v) is 5.98. The molecule has 0 bridgehead atoms. The Morgan fingerprint density at radius 2 is 1.86 bits per heavy atom. The molecule has 0 spiro atoms. The van der Waals surface area contributed by atoms with Gasteiger partial charge in [0.2, 0.25) is 0 Å². The average molecular weight is 514 g/mol. The molecule has 10 heteroatoms. The molecule has 1 aromatic heterocycles. The zero-order valence-electron chi connectivity index (χ0n) is 20.9. The van der Waals surface area contributed by atoms with Crippen LogP contribution in [0.4, 0.5) is 25.1 Å². The van der Waals surface area contributed by atoms with E-state index in [2.05, 4.69) is 20.6 Å². The van der Waals surface area contributed by atoms with Crippen LogP contribution in [0, 0.1) is 18.6 Å². The number of carbonyl (C=O) groups excluding carboxylic acids is 2. The van der Waals surface area contributed by atoms with Crippen LogP contribution in [0.1, 0.15) is 48.7 Å². The number of nitrogens with one attached hydrogen (secondary N) is 2. The van der Waals surface area contributed by atoms with Crippen LogP contribution in [0.3, 0.4) is 0 Å². The molecule has 0 fully saturated rings. The van der Waals surface area contributed by atoms with Crippen molar-refractivity contribution < 1.29 is 18.4 Å². The van der Waals surface area contributed by atoms with E-state index in [-0.39, 0.29) is 18.3 Å². The summed E-state index contributed by atoms with van der Waals surface area (Å²) in [6, 6.07) is 7.98. The first kappa shape index (κ1) is 27.1. The zero-order chi connectivity index (χ0) is 26.4. The Labute approximate surface area is 213 Å². The second-order valence-corrected chi connectivity index (χ2v) is 8.48. The topological polar surface area (TPSA) is 87.2 Å². The number of aromatic nitrogens is 2. The minimum Gasteiger partial charge on any atom is -0.352 e. The number of para-hydroxylation sites is 1. The number of anilines is 2. The molecule has 190 valence electrons. The summed E-state index contributed by atoms with van der Waals surface area (Å²) in [6.07, 6.45) is 2.58. The van der Waals surface area contributed by atoms with Crippen molar-refractivity contribution in [3.63, 3.8) is 0 Å². The lowest BCUT2D eigenvalue weighted by Crippen LogP contribution is -2.43. The highest BCUT2D eigenvalue weighted by Gasteiger charge is 2.34. The molecular weight excluding hydrogens is 484 g/mol. The van der Waals surface area contributed by atoms with Gasteiger partial charge in [-0.2, -0.15) is 0 Å². The Morgan fingerprint density at radius 1 is 1.17 bits per heavy atom. The molecule has 3 amide bonds. The first-order valence-electron chi connectivity index (χ1n) is 11.7. The molecule has 0 saturated heterocycles. The van der Waals surface area contributed by atoms with E-state index in [1.807, 2.05) is 33.8 Å². The molecule has 2 aromatic carbocycles. The first-order chi connectivity index (χ1) is 17.3. The summed E-state index contributed by atoms with van der Waals surface area (Å²) in [5, 5.41) is 5.84. The van der Waals surface area contributed by atoms with Gasteiger partial charge in [-0.05, 0) is 49.4 Å². The standard InChI is InChI=1S/C24H23F2N5O2S.C2H6/c1-4-10-27-22(32)14-9-8-13(2)15(11-14)19-16-12-28-24(33)31(21(16)30-23(29-19)34-3)20-17(25)6-5-7-18(20)26;1-2/h5-9,11H,4,10,12H2,1-3H3,(H,27,32)(H,28,33);1-2H3. The molecule has 2 N–H and O–H groups in total. The molecular formula is C26H29F2N5O2S. The molecule has 0 radical (unpaired) electrons. The van der Waals surface area contributed by atoms with E-state index >= 15 is 0 Å². The minimum absolute atomic E-state index is 0.0659. The van der Waals surface area contributed by atoms with E-state index in [0.29, 0.717) is 34.1 Å². The molecule has 0 atom stereocenters. The number of nitrogens with zero attached hydrogens (tertiary/aromatic N) is 3. The highest BCUT2D eigenvalue weighted by atomic mass is 32.2. The van der Waals surface area contributed by atoms with Crippen molar-refractivity contribution in [2.75, 3.05) is 17.7 Å². The quantitative estimate of drug-likeness (QED) is 0.313. The van der Waals surface area contributed by atoms with E-state index in [0.717, 1.165) is 29.0 Å². The van der Waals surface area contributed by atoms with Gasteiger partial charge in [-0.15, -0.1) is 0 Å². The first-order valence-corrected chi connectivity index (χ1v) is 12.9. The summed E-state index contributed by atoms with van der Waals surface area (Å²) < 4.78 is 29.3. The van der Waals surface area contributed by atoms with E-state index in [1.54, 1.807) is 18.4 Å². The Morgan fingerprint density at radius 3 is 2.50 bits per heavy atom. The van der Waals surface area contributed by atoms with Gasteiger partial charge in [0.1, 0.15) is 17.3 Å². The lowest BCUT2D eigenvalue weighted by Gasteiger charge is -2.30. The summed E-state index contributed by atoms with van der Waals surface area (Å²) in [5.41, 5.74) is 2.45. The van der Waals surface area contributed by atoms with E-state index in [9.17, 15) is 18.4 Å². The number of benzene rings is 2. The van der Waals surface area contributed by atoms with Crippen LogP contribution in [0.15, 0.2) is 41.6 Å². The van der Waals surface area contributed by atoms with Gasteiger partial charge in [0.25, 0.3) is 5.91 Å². The van der Waals surface area contributed by atoms with Crippen LogP contribution in [-0.2, 0) is 6.54 Å². The van der Waals surface area contributed by atoms with Crippen LogP contribution in [-0.4, -0.2) is 34.7 Å². The second kappa shape index (κ2) is 11.9. The zero-order valence-corrected chi connectivity index (χ0v) is 21.7. The SMILES string of the molecule is CC.CCCNC(=O)c1ccc(C)c(-c2nc(SC)nc3c2CNC(=O)N3c2c(F)cccc2F)c1. The van der Waals surface area contributed by atoms with Gasteiger partial charge in [-0.25, -0.2) is 28.4 Å². The number of hydrogen-bond donors (Lipinski definition) is 2. The van der Waals surface area contributed by atoms with Gasteiger partial charge in [0.05, 0.1) is 12.2 Å². The fourth-order valence-corrected chi connectivity index (χ4v) is 4.08. The van der Waals surface area contributed by atoms with E-state index < -0.39 is 23.4 Å². The Balaban J connectivity index is 0.00000176. The molecule has 0 saturated carbocycles. The lowest BCUT2D eigenvalue weighted by atomic mass is 9.97. The molecule has 4 rings (SSSR count). The molecule has 1 aliphatic heterocycles. The molecule has 36 heavy (non-hydrogen) atoms. The van der Waals surface area contributed by atoms with Crippen molar-refractivity contribution >= 4 is 35.2 Å². The number of thioether (sulfide) groups is 1. The molecule has 3 aromatic rings. The van der Waals surface area contributed by atoms with Gasteiger partial charge >= 0.3 is 6.03 Å². The fraction of sp³-hybridized carbons (Fsp3) is 0.308. The summed E-state index contributed by atoms with van der Waals surface area (Å²) >= 11 is 1.24. The molecule has 7 nitrogen and oxygen atoms in total. The van der Waals surface area contributed by atoms with Crippen LogP contribution >= 0.6 is 11.8 Å². The van der Waals surface area contributed by atoms with Crippen LogP contribution in [0.25, 0.3) is 11.3 Å². The van der Waals surface area contributed by atoms with Crippen LogP contribution < -0.4 is 15.5 Å². The highest BCUT2D eigenvalue weighted by Crippen LogP contribution is 2.39. The number of aryl methyl sites for hydroxylation is 1. The third-order valence-electron chi connectivity index (χ3n) is 5.43. The van der Waals surface area contributed by atoms with Gasteiger partial charge in [-0.3, -0.25) is 4.79 Å². The average Bonchev–Trinajstić information content (AvgIpc) is 2.89. The van der Waals surface area contributed by atoms with Crippen molar-refractivity contribution in [3.8, 4) is 11.3 Å². The number of amides is 3. The van der Waals surface area contributed by atoms with Crippen molar-refractivity contribution in [2.24, 2.45) is 0 Å². The monoisotopic (exact) mass is 513 g/mol. The predicted octanol–water partition coefficient (Wildman–Crippen LogP) is 5.98. The Bertz CT molecular complexity index is 1270. The van der Waals surface area contributed by atoms with Gasteiger partial charge in [0.15, 0.2) is 11.0 Å². The van der Waals surface area contributed by atoms with Gasteiger partial charge < -0.3 is 10.6 Å². The van der Waals surface area contributed by atoms with E-state index in [1.165, 1.54) is 17.8 Å². The maximum Gasteiger partial charge on any atom is 0.328 e. The number of halogens is 2. The van der Waals surface area contributed by atoms with Gasteiger partial charge in [0, 0.05) is 23.2 Å². The molecule has 0 unspecified atom stereocenters. The van der Waals surface area contributed by atoms with E-state index in [4.69, 9.17) is 0 Å². The Kier molecular flexibility index (Phi) is 8.98. The van der Waals surface area contributed by atoms with Crippen molar-refractivity contribution in [3.05, 3.63) is 64.7 Å². The van der Waals surface area contributed by atoms with Crippen LogP contribution in [0.2, 0.25) is 0 Å². The summed E-state index contributed by atoms with van der Waals surface area (Å²) in [5.74, 6) is -1.89. The number of carbonyl (C=O) groups is 2. The predicted molar refractivity (Wildman–Crippen MR) is 139 cm³/mol. The minimum atomic E-state index is -0.889. The van der Waals surface area contributed by atoms with Crippen molar-refractivity contribution in [1.82, 2.24) is 20.6 Å². The maximum atomic E-state index is 14.7. The fourth-order valence-electron chi connectivity index (χ4n) is 3.72. The summed E-state index contributed by atoms with van der Waals surface area (Å²) in [6.45, 7) is 8.47. The maximum absolute atomic E-state index is 14.7. The van der Waals surface area contributed by atoms with Gasteiger partial charge in [-0.1, -0.05) is 44.7 Å². The molecule has 1 aliphatic rings. The van der Waals surface area contributed by atoms with Crippen molar-refractivity contribution in [2.45, 2.75) is 45.8 Å². The second-order valence-electron chi connectivity index (χ2n) is 7.71. The lowest BCUT2D eigenvalue weighted by molar-refractivity contribution is 0.0953. The normalized spacial score (nSPS) is 12.3. The molecule has 0 aliphatic carbocycles. The number of hydrogen-bond acceptors (Lipinski definition) is 5. The summed E-state index contributed by atoms with van der Waals surface area (Å²) in [7, 11) is 0. The van der Waals surface area contributed by atoms with Crippen LogP contribution in [0.5, 0.6) is 0 Å². The number of fused-ring (bicyclic) bond motifs is 1. The third kappa shape index (κ3) is 5.33. The Hall–Kier alpha value is -3.53. The summed E-state index contributed by atoms with van der Waals surface area (Å²) in [4.78, 5) is 35.3. The smallest absolute Gasteiger partial charge is 0.328 e. The largest absolute Gasteiger partial charge is 0.352 e. The number of urea groups is 1. The van der Waals surface area contributed by atoms with Crippen molar-refractivity contribution in [1.29, 1.82) is 0 Å². The number of rotatable bonds is 6. The molecule has 2 heterocycles. The highest BCUT2D eigenvalue weighted by molar-refractivity contribution is 7.98.